The summed E-state index contributed by atoms with van der Waals surface area (Å²) in [5, 5.41) is 8.81. The first-order valence-corrected chi connectivity index (χ1v) is 5.75. The van der Waals surface area contributed by atoms with Gasteiger partial charge in [-0.05, 0) is 18.2 Å². The van der Waals surface area contributed by atoms with E-state index in [0.717, 1.165) is 11.0 Å². The third-order valence-electron chi connectivity index (χ3n) is 2.18. The van der Waals surface area contributed by atoms with Crippen LogP contribution in [0.5, 0.6) is 0 Å². The molecular weight excluding hydrogens is 238 g/mol. The molecule has 0 aliphatic heterocycles. The number of nitrogen functional groups attached to an aromatic ring is 1. The number of hydrogen-bond acceptors (Lipinski definition) is 6. The minimum Gasteiger partial charge on any atom is -0.416 e. The highest BCUT2D eigenvalue weighted by Gasteiger charge is 2.09. The van der Waals surface area contributed by atoms with Gasteiger partial charge in [-0.3, -0.25) is 0 Å². The summed E-state index contributed by atoms with van der Waals surface area (Å²) >= 11 is 1.29. The van der Waals surface area contributed by atoms with Crippen molar-refractivity contribution in [2.75, 3.05) is 5.73 Å². The Balaban J connectivity index is 1.95. The summed E-state index contributed by atoms with van der Waals surface area (Å²) in [7, 11) is 0. The molecule has 0 spiro atoms. The number of rotatable bonds is 2. The Bertz CT molecular complexity index is 674. The van der Waals surface area contributed by atoms with Gasteiger partial charge in [-0.15, -0.1) is 10.2 Å². The molecule has 6 nitrogen and oxygen atoms in total. The molecule has 0 bridgehead atoms. The van der Waals surface area contributed by atoms with Crippen molar-refractivity contribution in [3.8, 4) is 0 Å². The molecule has 2 heterocycles. The Morgan fingerprint density at radius 2 is 2.24 bits per heavy atom. The highest BCUT2D eigenvalue weighted by molar-refractivity contribution is 7.98. The van der Waals surface area contributed by atoms with Gasteiger partial charge in [0.1, 0.15) is 0 Å². The van der Waals surface area contributed by atoms with Crippen LogP contribution in [0.1, 0.15) is 5.89 Å². The summed E-state index contributed by atoms with van der Waals surface area (Å²) in [6.45, 7) is 1.75. The minimum absolute atomic E-state index is 0.467. The number of H-pyrrole nitrogens is 1. The molecule has 0 aliphatic rings. The lowest BCUT2D eigenvalue weighted by molar-refractivity contribution is 0.429. The summed E-state index contributed by atoms with van der Waals surface area (Å²) in [6, 6.07) is 5.52. The summed E-state index contributed by atoms with van der Waals surface area (Å²) in [5.41, 5.74) is 8.15. The van der Waals surface area contributed by atoms with Crippen molar-refractivity contribution in [1.29, 1.82) is 0 Å². The molecule has 0 saturated heterocycles. The first-order valence-electron chi connectivity index (χ1n) is 4.94. The smallest absolute Gasteiger partial charge is 0.284 e. The predicted octanol–water partition coefficient (Wildman–Crippen LogP) is 1.99. The summed E-state index contributed by atoms with van der Waals surface area (Å²) in [6.07, 6.45) is 0. The number of nitrogens with zero attached hydrogens (tertiary/aromatic N) is 3. The van der Waals surface area contributed by atoms with E-state index in [4.69, 9.17) is 10.2 Å². The normalized spacial score (nSPS) is 11.1. The van der Waals surface area contributed by atoms with Crippen LogP contribution in [0.2, 0.25) is 0 Å². The monoisotopic (exact) mass is 247 g/mol. The number of imidazole rings is 1. The molecule has 0 radical (unpaired) electrons. The van der Waals surface area contributed by atoms with Crippen LogP contribution in [0.3, 0.4) is 0 Å². The molecule has 0 fully saturated rings. The SMILES string of the molecule is Cc1nnc(Sc2nc3ccc(N)cc3[nH]2)o1. The summed E-state index contributed by atoms with van der Waals surface area (Å²) in [5.74, 6) is 0.535. The molecule has 3 rings (SSSR count). The third kappa shape index (κ3) is 1.96. The van der Waals surface area contributed by atoms with Gasteiger partial charge >= 0.3 is 0 Å². The topological polar surface area (TPSA) is 93.6 Å². The number of nitrogens with two attached hydrogens (primary N) is 1. The second-order valence-electron chi connectivity index (χ2n) is 3.51. The van der Waals surface area contributed by atoms with Gasteiger partial charge in [0.2, 0.25) is 5.89 Å². The molecule has 0 saturated carbocycles. The van der Waals surface area contributed by atoms with Crippen LogP contribution < -0.4 is 5.73 Å². The predicted molar refractivity (Wildman–Crippen MR) is 63.7 cm³/mol. The number of aromatic amines is 1. The zero-order valence-corrected chi connectivity index (χ0v) is 9.78. The van der Waals surface area contributed by atoms with Gasteiger partial charge in [-0.1, -0.05) is 0 Å². The molecular formula is C10H9N5OS. The maximum absolute atomic E-state index is 5.69. The Morgan fingerprint density at radius 3 is 3.00 bits per heavy atom. The Hall–Kier alpha value is -2.02. The van der Waals surface area contributed by atoms with Crippen molar-refractivity contribution in [2.24, 2.45) is 0 Å². The molecule has 0 unspecified atom stereocenters. The number of fused-ring (bicyclic) bond motifs is 1. The van der Waals surface area contributed by atoms with E-state index in [1.54, 1.807) is 6.92 Å². The molecule has 1 aromatic carbocycles. The highest BCUT2D eigenvalue weighted by Crippen LogP contribution is 2.26. The largest absolute Gasteiger partial charge is 0.416 e. The zero-order valence-electron chi connectivity index (χ0n) is 8.97. The number of hydrogen-bond donors (Lipinski definition) is 2. The van der Waals surface area contributed by atoms with Crippen LogP contribution >= 0.6 is 11.8 Å². The van der Waals surface area contributed by atoms with Crippen molar-refractivity contribution >= 4 is 28.5 Å². The molecule has 86 valence electrons. The fraction of sp³-hybridized carbons (Fsp3) is 0.100. The van der Waals surface area contributed by atoms with Crippen molar-refractivity contribution in [3.05, 3.63) is 24.1 Å². The molecule has 0 amide bonds. The molecule has 17 heavy (non-hydrogen) atoms. The first-order chi connectivity index (χ1) is 8.20. The van der Waals surface area contributed by atoms with E-state index in [1.165, 1.54) is 11.8 Å². The maximum atomic E-state index is 5.69. The van der Waals surface area contributed by atoms with Gasteiger partial charge in [-0.2, -0.15) is 0 Å². The van der Waals surface area contributed by atoms with Crippen LogP contribution in [-0.4, -0.2) is 20.2 Å². The highest BCUT2D eigenvalue weighted by atomic mass is 32.2. The number of aromatic nitrogens is 4. The second-order valence-corrected chi connectivity index (χ2v) is 4.45. The van der Waals surface area contributed by atoms with E-state index < -0.39 is 0 Å². The molecule has 0 atom stereocenters. The fourth-order valence-electron chi connectivity index (χ4n) is 1.45. The Morgan fingerprint density at radius 1 is 1.35 bits per heavy atom. The van der Waals surface area contributed by atoms with E-state index in [9.17, 15) is 0 Å². The van der Waals surface area contributed by atoms with E-state index in [0.29, 0.717) is 22.0 Å². The van der Waals surface area contributed by atoms with Gasteiger partial charge < -0.3 is 15.1 Å². The van der Waals surface area contributed by atoms with E-state index in [-0.39, 0.29) is 0 Å². The fourth-order valence-corrected chi connectivity index (χ4v) is 2.17. The average molecular weight is 247 g/mol. The lowest BCUT2D eigenvalue weighted by atomic mass is 10.3. The van der Waals surface area contributed by atoms with Gasteiger partial charge in [-0.25, -0.2) is 4.98 Å². The molecule has 0 aliphatic carbocycles. The average Bonchev–Trinajstić information content (AvgIpc) is 2.84. The summed E-state index contributed by atoms with van der Waals surface area (Å²) in [4.78, 5) is 7.52. The Labute approximate surface area is 101 Å². The van der Waals surface area contributed by atoms with Crippen molar-refractivity contribution < 1.29 is 4.42 Å². The number of anilines is 1. The molecule has 3 N–H and O–H groups in total. The second kappa shape index (κ2) is 3.77. The van der Waals surface area contributed by atoms with E-state index in [1.807, 2.05) is 18.2 Å². The van der Waals surface area contributed by atoms with Crippen LogP contribution in [0.15, 0.2) is 33.0 Å². The van der Waals surface area contributed by atoms with Crippen molar-refractivity contribution in [2.45, 2.75) is 17.3 Å². The summed E-state index contributed by atoms with van der Waals surface area (Å²) < 4.78 is 5.26. The van der Waals surface area contributed by atoms with E-state index >= 15 is 0 Å². The molecule has 3 aromatic rings. The quantitative estimate of drug-likeness (QED) is 0.672. The minimum atomic E-state index is 0.467. The lowest BCUT2D eigenvalue weighted by Crippen LogP contribution is -1.82. The van der Waals surface area contributed by atoms with Crippen LogP contribution in [0.25, 0.3) is 11.0 Å². The van der Waals surface area contributed by atoms with Crippen molar-refractivity contribution in [3.63, 3.8) is 0 Å². The van der Waals surface area contributed by atoms with Crippen LogP contribution in [0.4, 0.5) is 5.69 Å². The van der Waals surface area contributed by atoms with E-state index in [2.05, 4.69) is 20.2 Å². The van der Waals surface area contributed by atoms with Crippen molar-refractivity contribution in [1.82, 2.24) is 20.2 Å². The zero-order chi connectivity index (χ0) is 11.8. The van der Waals surface area contributed by atoms with Gasteiger partial charge in [0.05, 0.1) is 11.0 Å². The van der Waals surface area contributed by atoms with Crippen LogP contribution in [-0.2, 0) is 0 Å². The Kier molecular flexibility index (Phi) is 2.25. The van der Waals surface area contributed by atoms with Gasteiger partial charge in [0, 0.05) is 24.4 Å². The standard InChI is InChI=1S/C10H9N5OS/c1-5-14-15-10(16-5)17-9-12-7-3-2-6(11)4-8(7)13-9/h2-4H,11H2,1H3,(H,12,13). The molecule has 2 aromatic heterocycles. The lowest BCUT2D eigenvalue weighted by Gasteiger charge is -1.89. The van der Waals surface area contributed by atoms with Gasteiger partial charge in [0.15, 0.2) is 5.16 Å². The third-order valence-corrected chi connectivity index (χ3v) is 2.90. The van der Waals surface area contributed by atoms with Crippen LogP contribution in [0, 0.1) is 6.92 Å². The van der Waals surface area contributed by atoms with Gasteiger partial charge in [0.25, 0.3) is 5.22 Å². The first kappa shape index (κ1) is 10.2. The molecule has 7 heteroatoms. The number of benzene rings is 1. The number of aryl methyl sites for hydroxylation is 1. The number of nitrogens with one attached hydrogen (secondary N) is 1. The maximum Gasteiger partial charge on any atom is 0.284 e.